The number of likely N-dealkylation sites (tertiary alicyclic amines) is 1. The second-order valence-electron chi connectivity index (χ2n) is 7.08. The van der Waals surface area contributed by atoms with Crippen LogP contribution in [0, 0.1) is 0 Å². The van der Waals surface area contributed by atoms with Crippen LogP contribution in [0.4, 0.5) is 4.79 Å². The van der Waals surface area contributed by atoms with Crippen LogP contribution >= 0.6 is 15.9 Å². The normalized spacial score (nSPS) is 20.2. The Bertz CT molecular complexity index is 524. The first-order valence-corrected chi connectivity index (χ1v) is 8.97. The number of amides is 1. The third-order valence-corrected chi connectivity index (χ3v) is 4.67. The van der Waals surface area contributed by atoms with Crippen molar-refractivity contribution in [1.82, 2.24) is 4.90 Å². The Morgan fingerprint density at radius 3 is 2.57 bits per heavy atom. The maximum absolute atomic E-state index is 12.5. The van der Waals surface area contributed by atoms with Crippen molar-refractivity contribution in [3.05, 3.63) is 34.3 Å². The quantitative estimate of drug-likeness (QED) is 0.845. The van der Waals surface area contributed by atoms with Gasteiger partial charge in [-0.25, -0.2) is 4.79 Å². The summed E-state index contributed by atoms with van der Waals surface area (Å²) in [5.41, 5.74) is 0.543. The lowest BCUT2D eigenvalue weighted by Gasteiger charge is -2.40. The van der Waals surface area contributed by atoms with Gasteiger partial charge >= 0.3 is 6.09 Å². The largest absolute Gasteiger partial charge is 0.444 e. The summed E-state index contributed by atoms with van der Waals surface area (Å²) in [6.45, 7) is 6.34. The fraction of sp³-hybridized carbons (Fsp3) is 0.611. The van der Waals surface area contributed by atoms with Crippen molar-refractivity contribution < 1.29 is 14.6 Å². The number of rotatable bonds is 3. The van der Waals surface area contributed by atoms with Crippen LogP contribution in [0.3, 0.4) is 0 Å². The molecule has 1 fully saturated rings. The molecule has 1 aliphatic heterocycles. The molecule has 0 aromatic heterocycles. The highest BCUT2D eigenvalue weighted by molar-refractivity contribution is 9.10. The minimum Gasteiger partial charge on any atom is -0.444 e. The highest BCUT2D eigenvalue weighted by Gasteiger charge is 2.35. The van der Waals surface area contributed by atoms with Gasteiger partial charge in [-0.3, -0.25) is 0 Å². The Hall–Kier alpha value is -1.07. The van der Waals surface area contributed by atoms with Crippen LogP contribution in [0.2, 0.25) is 0 Å². The molecule has 1 aliphatic rings. The molecule has 0 spiro atoms. The van der Waals surface area contributed by atoms with Gasteiger partial charge in [-0.15, -0.1) is 0 Å². The summed E-state index contributed by atoms with van der Waals surface area (Å²) in [4.78, 5) is 14.3. The topological polar surface area (TPSA) is 49.8 Å². The summed E-state index contributed by atoms with van der Waals surface area (Å²) in [5.74, 6) is -0.0871. The van der Waals surface area contributed by atoms with Gasteiger partial charge in [0, 0.05) is 23.0 Å². The van der Waals surface area contributed by atoms with Crippen molar-refractivity contribution in [1.29, 1.82) is 0 Å². The van der Waals surface area contributed by atoms with Crippen LogP contribution in [0.5, 0.6) is 0 Å². The molecule has 128 valence electrons. The monoisotopic (exact) mass is 383 g/mol. The van der Waals surface area contributed by atoms with E-state index < -0.39 is 5.60 Å². The second kappa shape index (κ2) is 7.67. The first-order valence-electron chi connectivity index (χ1n) is 8.18. The van der Waals surface area contributed by atoms with Crippen LogP contribution in [0.25, 0.3) is 0 Å². The van der Waals surface area contributed by atoms with Crippen LogP contribution in [0.1, 0.15) is 51.5 Å². The predicted molar refractivity (Wildman–Crippen MR) is 94.5 cm³/mol. The molecule has 0 radical (unpaired) electrons. The summed E-state index contributed by atoms with van der Waals surface area (Å²) in [6, 6.07) is 7.93. The Morgan fingerprint density at radius 2 is 2.00 bits per heavy atom. The molecule has 0 aliphatic carbocycles. The van der Waals surface area contributed by atoms with Crippen molar-refractivity contribution >= 4 is 22.0 Å². The molecular weight excluding hydrogens is 358 g/mol. The van der Waals surface area contributed by atoms with Gasteiger partial charge in [0.25, 0.3) is 0 Å². The maximum atomic E-state index is 12.5. The Kier molecular flexibility index (Phi) is 6.09. The van der Waals surface area contributed by atoms with E-state index in [0.29, 0.717) is 6.54 Å². The van der Waals surface area contributed by atoms with E-state index in [2.05, 4.69) is 15.9 Å². The van der Waals surface area contributed by atoms with Gasteiger partial charge in [-0.05, 0) is 57.7 Å². The number of benzene rings is 1. The molecule has 1 N–H and O–H groups in total. The molecule has 0 saturated carbocycles. The van der Waals surface area contributed by atoms with E-state index in [-0.39, 0.29) is 24.7 Å². The zero-order chi connectivity index (χ0) is 17.0. The number of hydrogen-bond donors (Lipinski definition) is 1. The van der Waals surface area contributed by atoms with E-state index in [4.69, 9.17) is 4.74 Å². The van der Waals surface area contributed by atoms with Crippen LogP contribution in [-0.4, -0.2) is 40.9 Å². The number of aliphatic hydroxyl groups is 1. The molecule has 0 unspecified atom stereocenters. The van der Waals surface area contributed by atoms with Gasteiger partial charge in [0.15, 0.2) is 0 Å². The van der Waals surface area contributed by atoms with E-state index in [1.54, 1.807) is 4.90 Å². The average Bonchev–Trinajstić information content (AvgIpc) is 2.48. The summed E-state index contributed by atoms with van der Waals surface area (Å²) in [6.07, 6.45) is 2.66. The van der Waals surface area contributed by atoms with Crippen molar-refractivity contribution in [3.8, 4) is 0 Å². The third kappa shape index (κ3) is 4.95. The summed E-state index contributed by atoms with van der Waals surface area (Å²) in [5, 5.41) is 9.94. The number of carbonyl (C=O) groups is 1. The Labute approximate surface area is 147 Å². The lowest BCUT2D eigenvalue weighted by molar-refractivity contribution is 0.00347. The summed E-state index contributed by atoms with van der Waals surface area (Å²) >= 11 is 3.43. The second-order valence-corrected chi connectivity index (χ2v) is 7.99. The molecule has 5 heteroatoms. The van der Waals surface area contributed by atoms with E-state index in [1.807, 2.05) is 45.0 Å². The molecule has 4 nitrogen and oxygen atoms in total. The summed E-state index contributed by atoms with van der Waals surface area (Å²) in [7, 11) is 0. The SMILES string of the molecule is CC(C)(C)OC(=O)N1CCCC[C@H]1[C@@H](CO)c1ccc(Br)cc1. The molecule has 23 heavy (non-hydrogen) atoms. The van der Waals surface area contributed by atoms with Crippen molar-refractivity contribution in [2.45, 2.75) is 57.6 Å². The molecule has 1 amide bonds. The smallest absolute Gasteiger partial charge is 0.410 e. The number of halogens is 1. The van der Waals surface area contributed by atoms with E-state index in [1.165, 1.54) is 0 Å². The number of piperidine rings is 1. The molecule has 1 aromatic rings. The van der Waals surface area contributed by atoms with E-state index in [9.17, 15) is 9.90 Å². The zero-order valence-electron chi connectivity index (χ0n) is 14.1. The summed E-state index contributed by atoms with van der Waals surface area (Å²) < 4.78 is 6.56. The maximum Gasteiger partial charge on any atom is 0.410 e. The van der Waals surface area contributed by atoms with Gasteiger partial charge in [-0.2, -0.15) is 0 Å². The van der Waals surface area contributed by atoms with Gasteiger partial charge in [0.2, 0.25) is 0 Å². The van der Waals surface area contributed by atoms with Crippen LogP contribution < -0.4 is 0 Å². The van der Waals surface area contributed by atoms with Gasteiger partial charge < -0.3 is 14.7 Å². The van der Waals surface area contributed by atoms with Gasteiger partial charge in [-0.1, -0.05) is 28.1 Å². The first kappa shape index (κ1) is 18.3. The number of aliphatic hydroxyl groups excluding tert-OH is 1. The van der Waals surface area contributed by atoms with Crippen molar-refractivity contribution in [2.75, 3.05) is 13.2 Å². The standard InChI is InChI=1S/C18H26BrNO3/c1-18(2,3)23-17(22)20-11-5-4-6-16(20)15(12-21)13-7-9-14(19)10-8-13/h7-10,15-16,21H,4-6,11-12H2,1-3H3/t15-,16-/m0/s1. The minimum atomic E-state index is -0.509. The molecule has 2 rings (SSSR count). The lowest BCUT2D eigenvalue weighted by atomic mass is 9.86. The van der Waals surface area contributed by atoms with Gasteiger partial charge in [0.1, 0.15) is 5.60 Å². The molecule has 2 atom stereocenters. The number of carbonyl (C=O) groups excluding carboxylic acids is 1. The minimum absolute atomic E-state index is 0.0194. The zero-order valence-corrected chi connectivity index (χ0v) is 15.7. The van der Waals surface area contributed by atoms with Crippen LogP contribution in [-0.2, 0) is 4.74 Å². The first-order chi connectivity index (χ1) is 10.8. The Morgan fingerprint density at radius 1 is 1.35 bits per heavy atom. The predicted octanol–water partition coefficient (Wildman–Crippen LogP) is 4.31. The Balaban J connectivity index is 2.21. The van der Waals surface area contributed by atoms with Crippen LogP contribution in [0.15, 0.2) is 28.7 Å². The number of hydrogen-bond acceptors (Lipinski definition) is 3. The number of ether oxygens (including phenoxy) is 1. The molecular formula is C18H26BrNO3. The molecule has 1 aromatic carbocycles. The fourth-order valence-electron chi connectivity index (χ4n) is 3.08. The highest BCUT2D eigenvalue weighted by atomic mass is 79.9. The third-order valence-electron chi connectivity index (χ3n) is 4.14. The number of nitrogens with zero attached hydrogens (tertiary/aromatic N) is 1. The van der Waals surface area contributed by atoms with E-state index >= 15 is 0 Å². The van der Waals surface area contributed by atoms with Gasteiger partial charge in [0.05, 0.1) is 6.61 Å². The molecule has 1 heterocycles. The van der Waals surface area contributed by atoms with Crippen molar-refractivity contribution in [3.63, 3.8) is 0 Å². The highest BCUT2D eigenvalue weighted by Crippen LogP contribution is 2.32. The fourth-order valence-corrected chi connectivity index (χ4v) is 3.35. The molecule has 0 bridgehead atoms. The van der Waals surface area contributed by atoms with Crippen molar-refractivity contribution in [2.24, 2.45) is 0 Å². The van der Waals surface area contributed by atoms with E-state index in [0.717, 1.165) is 29.3 Å². The lowest BCUT2D eigenvalue weighted by Crippen LogP contribution is -2.49. The molecule has 1 saturated heterocycles. The average molecular weight is 384 g/mol.